The lowest BCUT2D eigenvalue weighted by Crippen LogP contribution is -2.47. The molecule has 2 unspecified atom stereocenters. The summed E-state index contributed by atoms with van der Waals surface area (Å²) in [6.45, 7) is 12.8. The molecular formula is C18H35N5O2. The first kappa shape index (κ1) is 19.8. The number of carbonyl (C=O) groups is 1. The van der Waals surface area contributed by atoms with Gasteiger partial charge in [-0.1, -0.05) is 6.92 Å². The van der Waals surface area contributed by atoms with E-state index in [1.807, 2.05) is 27.8 Å². The molecule has 0 aromatic carbocycles. The van der Waals surface area contributed by atoms with E-state index in [4.69, 9.17) is 4.74 Å². The molecule has 2 atom stereocenters. The highest BCUT2D eigenvalue weighted by atomic mass is 16.6. The molecule has 2 aliphatic heterocycles. The number of guanidine groups is 1. The van der Waals surface area contributed by atoms with Crippen LogP contribution in [-0.4, -0.2) is 79.3 Å². The third-order valence-corrected chi connectivity index (χ3v) is 4.82. The van der Waals surface area contributed by atoms with Crippen LogP contribution < -0.4 is 10.6 Å². The number of likely N-dealkylation sites (tertiary alicyclic amines) is 2. The molecule has 0 aromatic rings. The minimum atomic E-state index is -0.466. The number of likely N-dealkylation sites (N-methyl/N-ethyl adjacent to an activating group) is 1. The Morgan fingerprint density at radius 1 is 1.28 bits per heavy atom. The van der Waals surface area contributed by atoms with Crippen molar-refractivity contribution in [3.8, 4) is 0 Å². The van der Waals surface area contributed by atoms with Crippen molar-refractivity contribution >= 4 is 12.1 Å². The van der Waals surface area contributed by atoms with E-state index in [1.54, 1.807) is 0 Å². The highest BCUT2D eigenvalue weighted by Crippen LogP contribution is 2.16. The van der Waals surface area contributed by atoms with Gasteiger partial charge in [-0.25, -0.2) is 4.79 Å². The molecule has 25 heavy (non-hydrogen) atoms. The number of ether oxygens (including phenoxy) is 1. The van der Waals surface area contributed by atoms with E-state index in [0.29, 0.717) is 6.04 Å². The lowest BCUT2D eigenvalue weighted by atomic mass is 10.2. The maximum Gasteiger partial charge on any atom is 0.407 e. The SMILES string of the molecule is CCN1CCCC1CNC(=NC)N1CCC(NC(=O)OC(C)(C)C)C1. The van der Waals surface area contributed by atoms with Crippen molar-refractivity contribution in [1.29, 1.82) is 0 Å². The van der Waals surface area contributed by atoms with Gasteiger partial charge in [0.05, 0.1) is 6.04 Å². The van der Waals surface area contributed by atoms with Gasteiger partial charge < -0.3 is 20.3 Å². The van der Waals surface area contributed by atoms with Crippen molar-refractivity contribution in [2.45, 2.75) is 64.6 Å². The Hall–Kier alpha value is -1.50. The first-order valence-corrected chi connectivity index (χ1v) is 9.51. The van der Waals surface area contributed by atoms with Crippen LogP contribution in [0.5, 0.6) is 0 Å². The Kier molecular flexibility index (Phi) is 6.93. The van der Waals surface area contributed by atoms with Gasteiger partial charge in [0.2, 0.25) is 0 Å². The van der Waals surface area contributed by atoms with Gasteiger partial charge in [0.15, 0.2) is 5.96 Å². The van der Waals surface area contributed by atoms with Gasteiger partial charge in [0.1, 0.15) is 5.60 Å². The quantitative estimate of drug-likeness (QED) is 0.594. The lowest BCUT2D eigenvalue weighted by molar-refractivity contribution is 0.0507. The average molecular weight is 354 g/mol. The third-order valence-electron chi connectivity index (χ3n) is 4.82. The summed E-state index contributed by atoms with van der Waals surface area (Å²) in [6.07, 6.45) is 3.10. The maximum absolute atomic E-state index is 11.9. The summed E-state index contributed by atoms with van der Waals surface area (Å²) in [6, 6.07) is 0.701. The maximum atomic E-state index is 11.9. The fraction of sp³-hybridized carbons (Fsp3) is 0.889. The molecule has 1 amide bonds. The number of rotatable bonds is 4. The molecule has 2 fully saturated rings. The number of carbonyl (C=O) groups excluding carboxylic acids is 1. The van der Waals surface area contributed by atoms with E-state index in [0.717, 1.165) is 38.6 Å². The molecule has 0 spiro atoms. The monoisotopic (exact) mass is 353 g/mol. The number of nitrogens with one attached hydrogen (secondary N) is 2. The molecule has 2 aliphatic rings. The Labute approximate surface area is 152 Å². The van der Waals surface area contributed by atoms with Crippen molar-refractivity contribution in [3.63, 3.8) is 0 Å². The van der Waals surface area contributed by atoms with Crippen molar-refractivity contribution in [2.75, 3.05) is 39.8 Å². The van der Waals surface area contributed by atoms with Crippen LogP contribution in [0.3, 0.4) is 0 Å². The fourth-order valence-electron chi connectivity index (χ4n) is 3.63. The highest BCUT2D eigenvalue weighted by Gasteiger charge is 2.29. The van der Waals surface area contributed by atoms with Crippen LogP contribution in [-0.2, 0) is 4.74 Å². The molecule has 144 valence electrons. The summed E-state index contributed by atoms with van der Waals surface area (Å²) in [4.78, 5) is 21.1. The zero-order chi connectivity index (χ0) is 18.4. The number of amides is 1. The Bertz CT molecular complexity index is 475. The number of hydrogen-bond donors (Lipinski definition) is 2. The zero-order valence-corrected chi connectivity index (χ0v) is 16.5. The van der Waals surface area contributed by atoms with E-state index in [9.17, 15) is 4.79 Å². The van der Waals surface area contributed by atoms with E-state index in [1.165, 1.54) is 19.4 Å². The van der Waals surface area contributed by atoms with Crippen LogP contribution in [0.2, 0.25) is 0 Å². The zero-order valence-electron chi connectivity index (χ0n) is 16.5. The van der Waals surface area contributed by atoms with Crippen LogP contribution in [0.1, 0.15) is 47.0 Å². The van der Waals surface area contributed by atoms with Crippen LogP contribution >= 0.6 is 0 Å². The van der Waals surface area contributed by atoms with Crippen LogP contribution in [0.15, 0.2) is 4.99 Å². The molecule has 0 aliphatic carbocycles. The van der Waals surface area contributed by atoms with E-state index in [-0.39, 0.29) is 12.1 Å². The normalized spacial score (nSPS) is 25.3. The van der Waals surface area contributed by atoms with E-state index >= 15 is 0 Å². The summed E-state index contributed by atoms with van der Waals surface area (Å²) < 4.78 is 5.34. The Morgan fingerprint density at radius 2 is 2.04 bits per heavy atom. The molecule has 0 saturated carbocycles. The highest BCUT2D eigenvalue weighted by molar-refractivity contribution is 5.80. The van der Waals surface area contributed by atoms with Gasteiger partial charge in [-0.3, -0.25) is 9.89 Å². The molecule has 2 rings (SSSR count). The molecule has 2 heterocycles. The van der Waals surface area contributed by atoms with Gasteiger partial charge in [-0.15, -0.1) is 0 Å². The van der Waals surface area contributed by atoms with Gasteiger partial charge in [-0.2, -0.15) is 0 Å². The molecule has 0 bridgehead atoms. The first-order valence-electron chi connectivity index (χ1n) is 9.51. The lowest BCUT2D eigenvalue weighted by Gasteiger charge is -2.27. The molecule has 2 N–H and O–H groups in total. The van der Waals surface area contributed by atoms with Gasteiger partial charge in [0, 0.05) is 32.7 Å². The minimum Gasteiger partial charge on any atom is -0.444 e. The summed E-state index contributed by atoms with van der Waals surface area (Å²) in [5, 5.41) is 6.48. The third kappa shape index (κ3) is 6.06. The standard InChI is InChI=1S/C18H35N5O2/c1-6-22-10-7-8-15(22)12-20-16(19-5)23-11-9-14(13-23)21-17(24)25-18(2,3)4/h14-15H,6-13H2,1-5H3,(H,19,20)(H,21,24). The number of alkyl carbamates (subject to hydrolysis) is 1. The average Bonchev–Trinajstić information content (AvgIpc) is 3.15. The Morgan fingerprint density at radius 3 is 2.68 bits per heavy atom. The van der Waals surface area contributed by atoms with Crippen molar-refractivity contribution < 1.29 is 9.53 Å². The summed E-state index contributed by atoms with van der Waals surface area (Å²) >= 11 is 0. The second kappa shape index (κ2) is 8.74. The summed E-state index contributed by atoms with van der Waals surface area (Å²) in [5.41, 5.74) is -0.466. The smallest absolute Gasteiger partial charge is 0.407 e. The molecule has 2 saturated heterocycles. The van der Waals surface area contributed by atoms with E-state index in [2.05, 4.69) is 32.3 Å². The second-order valence-corrected chi connectivity index (χ2v) is 7.93. The molecule has 0 aromatic heterocycles. The second-order valence-electron chi connectivity index (χ2n) is 7.93. The fourth-order valence-corrected chi connectivity index (χ4v) is 3.63. The number of hydrogen-bond acceptors (Lipinski definition) is 4. The molecule has 0 radical (unpaired) electrons. The van der Waals surface area contributed by atoms with Crippen LogP contribution in [0.4, 0.5) is 4.79 Å². The summed E-state index contributed by atoms with van der Waals surface area (Å²) in [5.74, 6) is 0.927. The molecule has 7 heteroatoms. The predicted molar refractivity (Wildman–Crippen MR) is 101 cm³/mol. The van der Waals surface area contributed by atoms with Crippen molar-refractivity contribution in [3.05, 3.63) is 0 Å². The van der Waals surface area contributed by atoms with Crippen LogP contribution in [0.25, 0.3) is 0 Å². The number of nitrogens with zero attached hydrogens (tertiary/aromatic N) is 3. The largest absolute Gasteiger partial charge is 0.444 e. The van der Waals surface area contributed by atoms with Gasteiger partial charge in [0.25, 0.3) is 0 Å². The van der Waals surface area contributed by atoms with Crippen molar-refractivity contribution in [2.24, 2.45) is 4.99 Å². The van der Waals surface area contributed by atoms with Gasteiger partial charge in [-0.05, 0) is 53.1 Å². The first-order chi connectivity index (χ1) is 11.8. The minimum absolute atomic E-state index is 0.104. The van der Waals surface area contributed by atoms with Crippen molar-refractivity contribution in [1.82, 2.24) is 20.4 Å². The number of aliphatic imine (C=N–C) groups is 1. The topological polar surface area (TPSA) is 69.2 Å². The van der Waals surface area contributed by atoms with Crippen LogP contribution in [0, 0.1) is 0 Å². The Balaban J connectivity index is 1.78. The molecular weight excluding hydrogens is 318 g/mol. The van der Waals surface area contributed by atoms with E-state index < -0.39 is 5.60 Å². The summed E-state index contributed by atoms with van der Waals surface area (Å²) in [7, 11) is 1.82. The van der Waals surface area contributed by atoms with Gasteiger partial charge >= 0.3 is 6.09 Å². The predicted octanol–water partition coefficient (Wildman–Crippen LogP) is 1.65. The molecule has 7 nitrogen and oxygen atoms in total.